The van der Waals surface area contributed by atoms with E-state index in [0.717, 1.165) is 0 Å². The zero-order valence-corrected chi connectivity index (χ0v) is 13.2. The van der Waals surface area contributed by atoms with Crippen LogP contribution in [0.2, 0.25) is 0 Å². The lowest BCUT2D eigenvalue weighted by molar-refractivity contribution is -0.148. The van der Waals surface area contributed by atoms with Crippen LogP contribution in [-0.4, -0.2) is 38.6 Å². The van der Waals surface area contributed by atoms with Crippen molar-refractivity contribution in [1.82, 2.24) is 4.90 Å². The maximum Gasteiger partial charge on any atom is 0.408 e. The molecule has 1 fully saturated rings. The molecule has 0 aromatic heterocycles. The topological polar surface area (TPSA) is 77.8 Å². The Bertz CT molecular complexity index is 564. The van der Waals surface area contributed by atoms with Crippen LogP contribution in [0.25, 0.3) is 0 Å². The number of rotatable bonds is 2. The first-order chi connectivity index (χ1) is 10.2. The van der Waals surface area contributed by atoms with Crippen molar-refractivity contribution in [3.8, 4) is 0 Å². The first-order valence-corrected chi connectivity index (χ1v) is 7.52. The molecule has 0 heterocycles. The summed E-state index contributed by atoms with van der Waals surface area (Å²) >= 11 is 0. The Kier molecular flexibility index (Phi) is 4.29. The smallest absolute Gasteiger partial charge is 0.408 e. The molecule has 2 N–H and O–H groups in total. The maximum absolute atomic E-state index is 12.9. The monoisotopic (exact) mass is 305 g/mol. The van der Waals surface area contributed by atoms with E-state index in [1.807, 2.05) is 6.07 Å². The number of hydrogen-bond donors (Lipinski definition) is 2. The number of aliphatic hydroxyl groups is 1. The zero-order valence-electron chi connectivity index (χ0n) is 13.2. The molecule has 0 aliphatic heterocycles. The van der Waals surface area contributed by atoms with E-state index in [1.165, 1.54) is 4.90 Å². The molecular formula is C17H23NO4. The van der Waals surface area contributed by atoms with Crippen LogP contribution in [-0.2, 0) is 10.3 Å². The standard InChI is InChI=1S/C17H23NO4/c1-16(2,3)18(15(21)22)17(12-8-5-4-6-9-12)11-7-10-13(19)14(17)20/h4-6,8-9,13,19H,7,10-11H2,1-3H3,(H,21,22)/t13-,17-/m1/s1. The van der Waals surface area contributed by atoms with Crippen molar-refractivity contribution in [2.24, 2.45) is 0 Å². The zero-order chi connectivity index (χ0) is 16.5. The predicted octanol–water partition coefficient (Wildman–Crippen LogP) is 2.77. The molecule has 5 heteroatoms. The van der Waals surface area contributed by atoms with Crippen molar-refractivity contribution in [2.75, 3.05) is 0 Å². The van der Waals surface area contributed by atoms with E-state index in [2.05, 4.69) is 0 Å². The molecule has 5 nitrogen and oxygen atoms in total. The van der Waals surface area contributed by atoms with Crippen molar-refractivity contribution in [3.05, 3.63) is 35.9 Å². The Morgan fingerprint density at radius 3 is 2.36 bits per heavy atom. The van der Waals surface area contributed by atoms with E-state index in [1.54, 1.807) is 45.0 Å². The van der Waals surface area contributed by atoms with Gasteiger partial charge in [0.1, 0.15) is 11.6 Å². The van der Waals surface area contributed by atoms with Crippen LogP contribution in [0.4, 0.5) is 4.79 Å². The van der Waals surface area contributed by atoms with Crippen molar-refractivity contribution < 1.29 is 19.8 Å². The highest BCUT2D eigenvalue weighted by Gasteiger charge is 2.55. The molecule has 2 rings (SSSR count). The van der Waals surface area contributed by atoms with Gasteiger partial charge in [0.25, 0.3) is 0 Å². The molecule has 0 spiro atoms. The van der Waals surface area contributed by atoms with Crippen molar-refractivity contribution >= 4 is 11.9 Å². The molecule has 0 bridgehead atoms. The van der Waals surface area contributed by atoms with Crippen LogP contribution < -0.4 is 0 Å². The number of aliphatic hydroxyl groups excluding tert-OH is 1. The lowest BCUT2D eigenvalue weighted by Crippen LogP contribution is -2.64. The summed E-state index contributed by atoms with van der Waals surface area (Å²) in [6.45, 7) is 5.29. The van der Waals surface area contributed by atoms with Gasteiger partial charge in [-0.25, -0.2) is 4.79 Å². The van der Waals surface area contributed by atoms with Gasteiger partial charge in [0.15, 0.2) is 5.78 Å². The molecule has 1 aliphatic carbocycles. The molecule has 1 aromatic carbocycles. The van der Waals surface area contributed by atoms with Gasteiger partial charge in [-0.15, -0.1) is 0 Å². The summed E-state index contributed by atoms with van der Waals surface area (Å²) in [5, 5.41) is 19.9. The van der Waals surface area contributed by atoms with Crippen LogP contribution in [0.5, 0.6) is 0 Å². The SMILES string of the molecule is CC(C)(C)N(C(=O)O)[C@@]1(c2ccccc2)CCC[C@@H](O)C1=O. The first-order valence-electron chi connectivity index (χ1n) is 7.52. The maximum atomic E-state index is 12.9. The predicted molar refractivity (Wildman–Crippen MR) is 82.6 cm³/mol. The summed E-state index contributed by atoms with van der Waals surface area (Å²) in [5.41, 5.74) is -1.48. The molecule has 0 unspecified atom stereocenters. The fourth-order valence-corrected chi connectivity index (χ4v) is 3.46. The Morgan fingerprint density at radius 1 is 1.27 bits per heavy atom. The molecule has 1 aromatic rings. The Balaban J connectivity index is 2.70. The van der Waals surface area contributed by atoms with Crippen LogP contribution >= 0.6 is 0 Å². The van der Waals surface area contributed by atoms with Crippen molar-refractivity contribution in [1.29, 1.82) is 0 Å². The van der Waals surface area contributed by atoms with E-state index in [9.17, 15) is 19.8 Å². The molecule has 0 radical (unpaired) electrons. The lowest BCUT2D eigenvalue weighted by Gasteiger charge is -2.50. The number of carbonyl (C=O) groups is 2. The largest absolute Gasteiger partial charge is 0.465 e. The van der Waals surface area contributed by atoms with Crippen LogP contribution in [0.15, 0.2) is 30.3 Å². The highest BCUT2D eigenvalue weighted by Crippen LogP contribution is 2.43. The average Bonchev–Trinajstić information content (AvgIpc) is 2.43. The number of carboxylic acid groups (broad SMARTS) is 1. The first kappa shape index (κ1) is 16.5. The third-order valence-corrected chi connectivity index (χ3v) is 4.22. The summed E-state index contributed by atoms with van der Waals surface area (Å²) in [6.07, 6.45) is -0.916. The fourth-order valence-electron chi connectivity index (χ4n) is 3.46. The molecule has 22 heavy (non-hydrogen) atoms. The highest BCUT2D eigenvalue weighted by molar-refractivity contribution is 5.96. The van der Waals surface area contributed by atoms with Gasteiger partial charge < -0.3 is 10.2 Å². The van der Waals surface area contributed by atoms with Gasteiger partial charge >= 0.3 is 6.09 Å². The van der Waals surface area contributed by atoms with E-state index >= 15 is 0 Å². The minimum atomic E-state index is -1.33. The number of Topliss-reactive ketones (excluding diaryl/α,β-unsaturated/α-hetero) is 1. The number of ketones is 1. The number of carbonyl (C=O) groups excluding carboxylic acids is 1. The van der Waals surface area contributed by atoms with Gasteiger partial charge in [-0.1, -0.05) is 30.3 Å². The van der Waals surface area contributed by atoms with E-state index in [4.69, 9.17) is 0 Å². The van der Waals surface area contributed by atoms with Crippen molar-refractivity contribution in [3.63, 3.8) is 0 Å². The lowest BCUT2D eigenvalue weighted by atomic mass is 9.71. The second kappa shape index (κ2) is 5.72. The normalized spacial score (nSPS) is 25.8. The number of hydrogen-bond acceptors (Lipinski definition) is 3. The van der Waals surface area contributed by atoms with Gasteiger partial charge in [0.05, 0.1) is 0 Å². The highest BCUT2D eigenvalue weighted by atomic mass is 16.4. The molecule has 1 amide bonds. The van der Waals surface area contributed by atoms with Gasteiger partial charge in [0, 0.05) is 5.54 Å². The summed E-state index contributed by atoms with van der Waals surface area (Å²) in [6, 6.07) is 8.92. The minimum absolute atomic E-state index is 0.380. The quantitative estimate of drug-likeness (QED) is 0.880. The Morgan fingerprint density at radius 2 is 1.86 bits per heavy atom. The van der Waals surface area contributed by atoms with E-state index < -0.39 is 29.1 Å². The van der Waals surface area contributed by atoms with E-state index in [0.29, 0.717) is 24.8 Å². The second-order valence-corrected chi connectivity index (χ2v) is 6.79. The summed E-state index contributed by atoms with van der Waals surface area (Å²) in [5.74, 6) is -0.428. The van der Waals surface area contributed by atoms with Gasteiger partial charge in [-0.05, 0) is 45.6 Å². The van der Waals surface area contributed by atoms with Gasteiger partial charge in [-0.2, -0.15) is 0 Å². The third-order valence-electron chi connectivity index (χ3n) is 4.22. The third kappa shape index (κ3) is 2.61. The molecule has 1 saturated carbocycles. The number of amides is 1. The minimum Gasteiger partial charge on any atom is -0.465 e. The second-order valence-electron chi connectivity index (χ2n) is 6.79. The molecular weight excluding hydrogens is 282 g/mol. The van der Waals surface area contributed by atoms with Crippen LogP contribution in [0, 0.1) is 0 Å². The number of benzene rings is 1. The average molecular weight is 305 g/mol. The molecule has 2 atom stereocenters. The Labute approximate surface area is 130 Å². The van der Waals surface area contributed by atoms with E-state index in [-0.39, 0.29) is 0 Å². The van der Waals surface area contributed by atoms with Crippen LogP contribution in [0.1, 0.15) is 45.6 Å². The molecule has 0 saturated heterocycles. The summed E-state index contributed by atoms with van der Waals surface area (Å²) in [4.78, 5) is 26.1. The molecule has 120 valence electrons. The number of nitrogens with zero attached hydrogens (tertiary/aromatic N) is 1. The van der Waals surface area contributed by atoms with Gasteiger partial charge in [-0.3, -0.25) is 9.69 Å². The van der Waals surface area contributed by atoms with Crippen LogP contribution in [0.3, 0.4) is 0 Å². The fraction of sp³-hybridized carbons (Fsp3) is 0.529. The summed E-state index contributed by atoms with van der Waals surface area (Å²) in [7, 11) is 0. The Hall–Kier alpha value is -1.88. The van der Waals surface area contributed by atoms with Gasteiger partial charge in [0.2, 0.25) is 0 Å². The van der Waals surface area contributed by atoms with Crippen molar-refractivity contribution in [2.45, 2.75) is 57.2 Å². The summed E-state index contributed by atoms with van der Waals surface area (Å²) < 4.78 is 0. The molecule has 1 aliphatic rings.